The van der Waals surface area contributed by atoms with Crippen LogP contribution in [0.1, 0.15) is 55.8 Å². The number of rotatable bonds is 10. The molecule has 0 saturated heterocycles. The molecule has 0 radical (unpaired) electrons. The molecule has 2 amide bonds. The number of carbonyl (C=O) groups excluding carboxylic acids is 4. The third-order valence-corrected chi connectivity index (χ3v) is 5.19. The van der Waals surface area contributed by atoms with Crippen molar-refractivity contribution < 1.29 is 23.9 Å². The first-order valence-corrected chi connectivity index (χ1v) is 11.3. The lowest BCUT2D eigenvalue weighted by atomic mass is 10.1. The second kappa shape index (κ2) is 12.3. The summed E-state index contributed by atoms with van der Waals surface area (Å²) < 4.78 is 5.34. The Balaban J connectivity index is 1.38. The van der Waals surface area contributed by atoms with Crippen LogP contribution in [0, 0.1) is 0 Å². The number of hydrogen-bond acceptors (Lipinski definition) is 5. The fourth-order valence-corrected chi connectivity index (χ4v) is 3.44. The van der Waals surface area contributed by atoms with Gasteiger partial charge in [-0.05, 0) is 79.8 Å². The molecular formula is C27H28N2O5. The smallest absolute Gasteiger partial charge is 0.311 e. The number of esters is 1. The van der Waals surface area contributed by atoms with Crippen LogP contribution in [0.15, 0.2) is 72.3 Å². The molecule has 0 aliphatic heterocycles. The summed E-state index contributed by atoms with van der Waals surface area (Å²) in [5.74, 6) is -0.152. The third kappa shape index (κ3) is 7.85. The molecule has 0 fully saturated rings. The van der Waals surface area contributed by atoms with E-state index >= 15 is 0 Å². The van der Waals surface area contributed by atoms with Crippen molar-refractivity contribution in [2.45, 2.75) is 45.4 Å². The van der Waals surface area contributed by atoms with Gasteiger partial charge in [0.25, 0.3) is 5.91 Å². The Morgan fingerprint density at radius 1 is 0.941 bits per heavy atom. The molecule has 176 valence electrons. The first-order valence-electron chi connectivity index (χ1n) is 11.3. The van der Waals surface area contributed by atoms with Crippen molar-refractivity contribution in [2.24, 2.45) is 0 Å². The lowest BCUT2D eigenvalue weighted by Gasteiger charge is -2.08. The molecule has 3 rings (SSSR count). The molecule has 0 heterocycles. The zero-order chi connectivity index (χ0) is 24.3. The molecule has 0 aromatic heterocycles. The molecule has 0 atom stereocenters. The van der Waals surface area contributed by atoms with Gasteiger partial charge in [0.1, 0.15) is 5.75 Å². The number of nitrogens with one attached hydrogen (secondary N) is 2. The monoisotopic (exact) mass is 460 g/mol. The van der Waals surface area contributed by atoms with Crippen LogP contribution in [0.3, 0.4) is 0 Å². The molecule has 34 heavy (non-hydrogen) atoms. The Hall–Kier alpha value is -4.00. The van der Waals surface area contributed by atoms with E-state index < -0.39 is 0 Å². The van der Waals surface area contributed by atoms with Crippen LogP contribution in [0.4, 0.5) is 11.4 Å². The van der Waals surface area contributed by atoms with Gasteiger partial charge in [0, 0.05) is 36.7 Å². The van der Waals surface area contributed by atoms with Gasteiger partial charge in [0.2, 0.25) is 5.91 Å². The molecule has 7 heteroatoms. The summed E-state index contributed by atoms with van der Waals surface area (Å²) in [7, 11) is 0. The number of carbonyl (C=O) groups is 4. The highest BCUT2D eigenvalue weighted by molar-refractivity contribution is 6.04. The molecule has 0 unspecified atom stereocenters. The van der Waals surface area contributed by atoms with Gasteiger partial charge in [0.15, 0.2) is 5.78 Å². The predicted octanol–water partition coefficient (Wildman–Crippen LogP) is 5.21. The molecule has 2 N–H and O–H groups in total. The van der Waals surface area contributed by atoms with Gasteiger partial charge in [-0.15, -0.1) is 0 Å². The molecule has 0 saturated carbocycles. The molecule has 2 aromatic rings. The maximum atomic E-state index is 12.4. The number of ketones is 1. The molecule has 0 spiro atoms. The Bertz CT molecular complexity index is 1100. The van der Waals surface area contributed by atoms with Crippen LogP contribution in [0.25, 0.3) is 0 Å². The van der Waals surface area contributed by atoms with Crippen LogP contribution in [-0.2, 0) is 14.4 Å². The van der Waals surface area contributed by atoms with Crippen molar-refractivity contribution in [3.63, 3.8) is 0 Å². The topological polar surface area (TPSA) is 102 Å². The maximum absolute atomic E-state index is 12.4. The fraction of sp³-hybridized carbons (Fsp3) is 0.259. The van der Waals surface area contributed by atoms with Crippen LogP contribution in [0.2, 0.25) is 0 Å². The number of Topliss-reactive ketones (excluding diaryl/α,β-unsaturated/α-hetero) is 1. The van der Waals surface area contributed by atoms with Crippen LogP contribution < -0.4 is 15.4 Å². The van der Waals surface area contributed by atoms with Gasteiger partial charge in [-0.1, -0.05) is 18.2 Å². The first kappa shape index (κ1) is 24.6. The summed E-state index contributed by atoms with van der Waals surface area (Å²) in [6.07, 6.45) is 9.79. The molecule has 1 aliphatic rings. The zero-order valence-electron chi connectivity index (χ0n) is 19.1. The third-order valence-electron chi connectivity index (χ3n) is 5.19. The standard InChI is InChI=1S/C27H28N2O5/c1-19(30)28-22-13-11-21(12-14-22)27(33)29-23-15-17-24(18-16-23)34-26(32)10-5-3-2-4-7-20-8-6-9-25(20)31/h2,4,8,11-18H,3,5-7,9-10H2,1H3,(H,28,30)(H,29,33)/b4-2-. The van der Waals surface area contributed by atoms with Gasteiger partial charge < -0.3 is 15.4 Å². The van der Waals surface area contributed by atoms with Crippen molar-refractivity contribution in [3.05, 3.63) is 77.9 Å². The SMILES string of the molecule is CC(=O)Nc1ccc(C(=O)Nc2ccc(OC(=O)CCC/C=C\CC3=CCCC3=O)cc2)cc1. The summed E-state index contributed by atoms with van der Waals surface area (Å²) in [4.78, 5) is 47.0. The molecular weight excluding hydrogens is 432 g/mol. The predicted molar refractivity (Wildman–Crippen MR) is 131 cm³/mol. The molecule has 7 nitrogen and oxygen atoms in total. The maximum Gasteiger partial charge on any atom is 0.311 e. The van der Waals surface area contributed by atoms with E-state index in [0.717, 1.165) is 18.4 Å². The highest BCUT2D eigenvalue weighted by Crippen LogP contribution is 2.19. The molecule has 1 aliphatic carbocycles. The largest absolute Gasteiger partial charge is 0.427 e. The van der Waals surface area contributed by atoms with Crippen molar-refractivity contribution in [1.29, 1.82) is 0 Å². The molecule has 2 aromatic carbocycles. The Kier molecular flexibility index (Phi) is 8.91. The minimum atomic E-state index is -0.321. The van der Waals surface area contributed by atoms with Gasteiger partial charge in [-0.3, -0.25) is 19.2 Å². The average molecular weight is 461 g/mol. The van der Waals surface area contributed by atoms with E-state index in [1.54, 1.807) is 48.5 Å². The summed E-state index contributed by atoms with van der Waals surface area (Å²) in [5, 5.41) is 5.42. The lowest BCUT2D eigenvalue weighted by Crippen LogP contribution is -2.12. The fourth-order valence-electron chi connectivity index (χ4n) is 3.44. The summed E-state index contributed by atoms with van der Waals surface area (Å²) in [6.45, 7) is 1.42. The summed E-state index contributed by atoms with van der Waals surface area (Å²) in [5.41, 5.74) is 2.52. The number of hydrogen-bond donors (Lipinski definition) is 2. The number of ether oxygens (including phenoxy) is 1. The Morgan fingerprint density at radius 2 is 1.62 bits per heavy atom. The van der Waals surface area contributed by atoms with E-state index in [4.69, 9.17) is 4.74 Å². The second-order valence-electron chi connectivity index (χ2n) is 7.97. The van der Waals surface area contributed by atoms with Crippen LogP contribution in [0.5, 0.6) is 5.75 Å². The number of amides is 2. The van der Waals surface area contributed by atoms with Crippen molar-refractivity contribution in [3.8, 4) is 5.75 Å². The zero-order valence-corrected chi connectivity index (χ0v) is 19.1. The number of anilines is 2. The van der Waals surface area contributed by atoms with Gasteiger partial charge >= 0.3 is 5.97 Å². The molecule has 0 bridgehead atoms. The summed E-state index contributed by atoms with van der Waals surface area (Å²) >= 11 is 0. The van der Waals surface area contributed by atoms with E-state index in [-0.39, 0.29) is 23.6 Å². The minimum Gasteiger partial charge on any atom is -0.427 e. The number of benzene rings is 2. The van der Waals surface area contributed by atoms with Crippen molar-refractivity contribution >= 4 is 34.9 Å². The Morgan fingerprint density at radius 3 is 2.26 bits per heavy atom. The quantitative estimate of drug-likeness (QED) is 0.219. The van der Waals surface area contributed by atoms with Crippen LogP contribution in [-0.4, -0.2) is 23.6 Å². The lowest BCUT2D eigenvalue weighted by molar-refractivity contribution is -0.134. The highest BCUT2D eigenvalue weighted by atomic mass is 16.5. The number of unbranched alkanes of at least 4 members (excludes halogenated alkanes) is 1. The second-order valence-corrected chi connectivity index (χ2v) is 7.97. The van der Waals surface area contributed by atoms with Gasteiger partial charge in [-0.25, -0.2) is 0 Å². The van der Waals surface area contributed by atoms with E-state index in [1.165, 1.54) is 6.92 Å². The van der Waals surface area contributed by atoms with E-state index in [0.29, 0.717) is 48.4 Å². The minimum absolute atomic E-state index is 0.179. The van der Waals surface area contributed by atoms with E-state index in [2.05, 4.69) is 10.6 Å². The van der Waals surface area contributed by atoms with Crippen molar-refractivity contribution in [2.75, 3.05) is 10.6 Å². The average Bonchev–Trinajstić information content (AvgIpc) is 3.22. The van der Waals surface area contributed by atoms with Crippen LogP contribution >= 0.6 is 0 Å². The van der Waals surface area contributed by atoms with Gasteiger partial charge in [0.05, 0.1) is 0 Å². The van der Waals surface area contributed by atoms with Gasteiger partial charge in [-0.2, -0.15) is 0 Å². The first-order chi connectivity index (χ1) is 16.4. The van der Waals surface area contributed by atoms with E-state index in [1.807, 2.05) is 18.2 Å². The van der Waals surface area contributed by atoms with Crippen molar-refractivity contribution in [1.82, 2.24) is 0 Å². The Labute approximate surface area is 198 Å². The van der Waals surface area contributed by atoms with E-state index in [9.17, 15) is 19.2 Å². The normalized spacial score (nSPS) is 13.0. The highest BCUT2D eigenvalue weighted by Gasteiger charge is 2.12. The summed E-state index contributed by atoms with van der Waals surface area (Å²) in [6, 6.07) is 13.1. The number of allylic oxidation sites excluding steroid dienone is 4.